The normalized spacial score (nSPS) is 16.1. The molecule has 10 heteroatoms. The number of pyridine rings is 1. The summed E-state index contributed by atoms with van der Waals surface area (Å²) in [4.78, 5) is 40.1. The van der Waals surface area contributed by atoms with Gasteiger partial charge >= 0.3 is 5.97 Å². The molecule has 2 unspecified atom stereocenters. The second kappa shape index (κ2) is 10.2. The highest BCUT2D eigenvalue weighted by molar-refractivity contribution is 6.30. The van der Waals surface area contributed by atoms with Gasteiger partial charge in [-0.05, 0) is 54.8 Å². The molecule has 2 aromatic carbocycles. The van der Waals surface area contributed by atoms with Crippen LogP contribution in [-0.2, 0) is 9.59 Å². The van der Waals surface area contributed by atoms with Gasteiger partial charge in [0, 0.05) is 27.7 Å². The molecule has 0 bridgehead atoms. The Balaban J connectivity index is 1.87. The minimum absolute atomic E-state index is 0.110. The third-order valence-corrected chi connectivity index (χ3v) is 6.65. The van der Waals surface area contributed by atoms with Crippen molar-refractivity contribution in [1.29, 1.82) is 0 Å². The smallest absolute Gasteiger partial charge is 0.306 e. The maximum absolute atomic E-state index is 14.6. The van der Waals surface area contributed by atoms with Crippen molar-refractivity contribution in [3.05, 3.63) is 91.3 Å². The summed E-state index contributed by atoms with van der Waals surface area (Å²) in [6, 6.07) is 12.8. The predicted octanol–water partition coefficient (Wildman–Crippen LogP) is 5.46. The van der Waals surface area contributed by atoms with Gasteiger partial charge in [-0.1, -0.05) is 47.5 Å². The van der Waals surface area contributed by atoms with Crippen molar-refractivity contribution in [1.82, 2.24) is 9.99 Å². The second-order valence-corrected chi connectivity index (χ2v) is 9.40. The monoisotopic (exact) mass is 529 g/mol. The van der Waals surface area contributed by atoms with E-state index in [-0.39, 0.29) is 17.7 Å². The Morgan fingerprint density at radius 3 is 2.25 bits per heavy atom. The number of amides is 1. The van der Waals surface area contributed by atoms with E-state index in [9.17, 15) is 18.8 Å². The molecule has 3 aromatic rings. The number of hydrazone groups is 1. The summed E-state index contributed by atoms with van der Waals surface area (Å²) in [6.45, 7) is 3.64. The maximum Gasteiger partial charge on any atom is 0.306 e. The molecule has 2 atom stereocenters. The number of aromatic nitrogens is 1. The first-order chi connectivity index (χ1) is 17.1. The van der Waals surface area contributed by atoms with Crippen molar-refractivity contribution in [3.63, 3.8) is 0 Å². The van der Waals surface area contributed by atoms with Gasteiger partial charge in [0.1, 0.15) is 0 Å². The van der Waals surface area contributed by atoms with E-state index in [4.69, 9.17) is 28.3 Å². The third-order valence-electron chi connectivity index (χ3n) is 6.15. The number of nitrogens with one attached hydrogen (secondary N) is 1. The number of carboxylic acid groups (broad SMARTS) is 1. The molecule has 4 rings (SSSR count). The molecular weight excluding hydrogens is 508 g/mol. The quantitative estimate of drug-likeness (QED) is 0.442. The van der Waals surface area contributed by atoms with Gasteiger partial charge in [-0.15, -0.1) is 0 Å². The fourth-order valence-electron chi connectivity index (χ4n) is 4.26. The Morgan fingerprint density at radius 2 is 1.67 bits per heavy atom. The zero-order valence-electron chi connectivity index (χ0n) is 19.4. The first-order valence-electron chi connectivity index (χ1n) is 11.1. The molecule has 36 heavy (non-hydrogen) atoms. The lowest BCUT2D eigenvalue weighted by Crippen LogP contribution is -2.35. The Bertz CT molecular complexity index is 1420. The fourth-order valence-corrected chi connectivity index (χ4v) is 4.51. The molecule has 0 spiro atoms. The van der Waals surface area contributed by atoms with E-state index in [1.807, 2.05) is 6.92 Å². The van der Waals surface area contributed by atoms with Gasteiger partial charge < -0.3 is 10.1 Å². The van der Waals surface area contributed by atoms with Crippen LogP contribution in [0.15, 0.2) is 58.4 Å². The van der Waals surface area contributed by atoms with E-state index in [0.717, 1.165) is 16.1 Å². The van der Waals surface area contributed by atoms with Crippen molar-refractivity contribution < 1.29 is 19.1 Å². The highest BCUT2D eigenvalue weighted by Gasteiger charge is 2.38. The SMILES string of the molecule is Cc1[nH]c(=O)c(C2=NN(C(=O)C(F)CC(=O)O)C(c3ccc(Cl)cc3)C2)c(-c2ccc(Cl)cc2)c1C. The number of carbonyl (C=O) groups is 2. The molecule has 0 fully saturated rings. The largest absolute Gasteiger partial charge is 0.481 e. The first-order valence-corrected chi connectivity index (χ1v) is 11.8. The van der Waals surface area contributed by atoms with Crippen LogP contribution in [0.5, 0.6) is 0 Å². The van der Waals surface area contributed by atoms with Crippen LogP contribution in [0.3, 0.4) is 0 Å². The van der Waals surface area contributed by atoms with E-state index < -0.39 is 36.1 Å². The van der Waals surface area contributed by atoms with Gasteiger partial charge in [-0.25, -0.2) is 9.40 Å². The van der Waals surface area contributed by atoms with Crippen molar-refractivity contribution in [2.75, 3.05) is 0 Å². The van der Waals surface area contributed by atoms with Crippen molar-refractivity contribution >= 4 is 40.8 Å². The predicted molar refractivity (Wildman–Crippen MR) is 136 cm³/mol. The van der Waals surface area contributed by atoms with Crippen LogP contribution in [0.4, 0.5) is 4.39 Å². The Morgan fingerprint density at radius 1 is 1.08 bits per heavy atom. The molecule has 7 nitrogen and oxygen atoms in total. The minimum Gasteiger partial charge on any atom is -0.481 e. The Labute approximate surface area is 216 Å². The number of aryl methyl sites for hydroxylation is 1. The van der Waals surface area contributed by atoms with E-state index in [1.54, 1.807) is 55.5 Å². The number of H-pyrrole nitrogens is 1. The van der Waals surface area contributed by atoms with Crippen LogP contribution in [0.25, 0.3) is 11.1 Å². The summed E-state index contributed by atoms with van der Waals surface area (Å²) < 4.78 is 14.6. The summed E-state index contributed by atoms with van der Waals surface area (Å²) in [6.07, 6.45) is -3.18. The number of carboxylic acids is 1. The van der Waals surface area contributed by atoms with Gasteiger partial charge in [0.25, 0.3) is 11.5 Å². The minimum atomic E-state index is -2.30. The molecule has 0 aliphatic carbocycles. The summed E-state index contributed by atoms with van der Waals surface area (Å²) in [5.41, 5.74) is 3.56. The number of alkyl halides is 1. The van der Waals surface area contributed by atoms with E-state index >= 15 is 0 Å². The standard InChI is InChI=1S/C26H22Cl2FN3O4/c1-13-14(2)30-25(35)24(23(13)16-5-9-18(28)10-6-16)20-12-21(15-3-7-17(27)8-4-15)32(31-20)26(36)19(29)11-22(33)34/h3-10,19,21H,11-12H2,1-2H3,(H,30,35)(H,33,34). The van der Waals surface area contributed by atoms with Crippen LogP contribution < -0.4 is 5.56 Å². The molecule has 1 amide bonds. The molecule has 0 saturated heterocycles. The number of nitrogens with zero attached hydrogens (tertiary/aromatic N) is 2. The van der Waals surface area contributed by atoms with E-state index in [0.29, 0.717) is 26.9 Å². The number of aliphatic carboxylic acids is 1. The van der Waals surface area contributed by atoms with Crippen molar-refractivity contribution in [2.45, 2.75) is 38.9 Å². The second-order valence-electron chi connectivity index (χ2n) is 8.53. The number of aromatic amines is 1. The zero-order chi connectivity index (χ0) is 26.1. The van der Waals surface area contributed by atoms with Crippen molar-refractivity contribution in [3.8, 4) is 11.1 Å². The van der Waals surface area contributed by atoms with Crippen LogP contribution in [0.1, 0.15) is 41.3 Å². The molecule has 0 radical (unpaired) electrons. The van der Waals surface area contributed by atoms with Crippen LogP contribution in [0, 0.1) is 13.8 Å². The number of halogens is 3. The average Bonchev–Trinajstić information content (AvgIpc) is 3.26. The lowest BCUT2D eigenvalue weighted by atomic mass is 9.90. The highest BCUT2D eigenvalue weighted by Crippen LogP contribution is 2.37. The number of hydrogen-bond donors (Lipinski definition) is 2. The fraction of sp³-hybridized carbons (Fsp3) is 0.231. The summed E-state index contributed by atoms with van der Waals surface area (Å²) in [5.74, 6) is -2.54. The molecule has 2 heterocycles. The number of hydrogen-bond acceptors (Lipinski definition) is 4. The molecule has 0 saturated carbocycles. The van der Waals surface area contributed by atoms with E-state index in [2.05, 4.69) is 10.1 Å². The molecule has 1 aromatic heterocycles. The lowest BCUT2D eigenvalue weighted by molar-refractivity contribution is -0.146. The molecular formula is C26H22Cl2FN3O4. The zero-order valence-corrected chi connectivity index (χ0v) is 20.9. The number of benzene rings is 2. The van der Waals surface area contributed by atoms with Crippen LogP contribution in [-0.4, -0.2) is 38.9 Å². The average molecular weight is 530 g/mol. The van der Waals surface area contributed by atoms with Gasteiger partial charge in [0.2, 0.25) is 0 Å². The van der Waals surface area contributed by atoms with Gasteiger partial charge in [-0.3, -0.25) is 14.4 Å². The first kappa shape index (κ1) is 25.6. The highest BCUT2D eigenvalue weighted by atomic mass is 35.5. The molecule has 2 N–H and O–H groups in total. The number of carbonyl (C=O) groups excluding carboxylic acids is 1. The van der Waals surface area contributed by atoms with Crippen LogP contribution in [0.2, 0.25) is 10.0 Å². The molecule has 186 valence electrons. The number of rotatable bonds is 6. The summed E-state index contributed by atoms with van der Waals surface area (Å²) in [7, 11) is 0. The summed E-state index contributed by atoms with van der Waals surface area (Å²) >= 11 is 12.1. The summed E-state index contributed by atoms with van der Waals surface area (Å²) in [5, 5.41) is 15.3. The topological polar surface area (TPSA) is 103 Å². The Kier molecular flexibility index (Phi) is 7.28. The molecule has 1 aliphatic heterocycles. The maximum atomic E-state index is 14.6. The van der Waals surface area contributed by atoms with Gasteiger partial charge in [0.05, 0.1) is 23.7 Å². The molecule has 1 aliphatic rings. The van der Waals surface area contributed by atoms with E-state index in [1.165, 1.54) is 0 Å². The van der Waals surface area contributed by atoms with Crippen LogP contribution >= 0.6 is 23.2 Å². The third kappa shape index (κ3) is 5.05. The van der Waals surface area contributed by atoms with Gasteiger partial charge in [0.15, 0.2) is 6.17 Å². The lowest BCUT2D eigenvalue weighted by Gasteiger charge is -2.23. The van der Waals surface area contributed by atoms with Gasteiger partial charge in [-0.2, -0.15) is 5.10 Å². The van der Waals surface area contributed by atoms with Crippen molar-refractivity contribution in [2.24, 2.45) is 5.10 Å². The Hall–Kier alpha value is -3.49.